The lowest BCUT2D eigenvalue weighted by Gasteiger charge is -2.18. The first-order chi connectivity index (χ1) is 7.81. The summed E-state index contributed by atoms with van der Waals surface area (Å²) in [6.07, 6.45) is 5.85. The summed E-state index contributed by atoms with van der Waals surface area (Å²) >= 11 is 0. The van der Waals surface area contributed by atoms with Gasteiger partial charge in [-0.25, -0.2) is 4.39 Å². The molecule has 1 aliphatic rings. The highest BCUT2D eigenvalue weighted by Crippen LogP contribution is 2.29. The maximum absolute atomic E-state index is 13.4. The monoisotopic (exact) mass is 221 g/mol. The molecule has 16 heavy (non-hydrogen) atoms. The Labute approximate surface area is 97.1 Å². The van der Waals surface area contributed by atoms with Gasteiger partial charge in [0.05, 0.1) is 0 Å². The van der Waals surface area contributed by atoms with E-state index in [9.17, 15) is 4.39 Å². The molecule has 2 atom stereocenters. The lowest BCUT2D eigenvalue weighted by atomic mass is 9.95. The van der Waals surface area contributed by atoms with Crippen LogP contribution in [0.25, 0.3) is 0 Å². The highest BCUT2D eigenvalue weighted by molar-refractivity contribution is 5.17. The molecular weight excluding hydrogens is 201 g/mol. The Morgan fingerprint density at radius 2 is 2.12 bits per heavy atom. The van der Waals surface area contributed by atoms with Gasteiger partial charge in [-0.15, -0.1) is 0 Å². The van der Waals surface area contributed by atoms with E-state index in [1.54, 1.807) is 12.1 Å². The molecule has 1 N–H and O–H groups in total. The van der Waals surface area contributed by atoms with Crippen molar-refractivity contribution in [2.45, 2.75) is 38.1 Å². The highest BCUT2D eigenvalue weighted by Gasteiger charge is 2.25. The smallest absolute Gasteiger partial charge is 0.126 e. The zero-order valence-corrected chi connectivity index (χ0v) is 9.88. The first-order valence-corrected chi connectivity index (χ1v) is 6.22. The number of halogens is 1. The molecule has 1 aliphatic carbocycles. The van der Waals surface area contributed by atoms with E-state index in [0.717, 1.165) is 24.3 Å². The summed E-state index contributed by atoms with van der Waals surface area (Å²) in [5, 5.41) is 3.37. The Morgan fingerprint density at radius 3 is 2.88 bits per heavy atom. The first-order valence-electron chi connectivity index (χ1n) is 6.22. The number of hydrogen-bond acceptors (Lipinski definition) is 1. The Kier molecular flexibility index (Phi) is 3.94. The molecule has 0 bridgehead atoms. The van der Waals surface area contributed by atoms with Crippen molar-refractivity contribution in [1.29, 1.82) is 0 Å². The molecule has 2 heteroatoms. The predicted molar refractivity (Wildman–Crippen MR) is 64.9 cm³/mol. The van der Waals surface area contributed by atoms with Crippen molar-refractivity contribution in [2.24, 2.45) is 5.92 Å². The fraction of sp³-hybridized carbons (Fsp3) is 0.571. The minimum absolute atomic E-state index is 0.0542. The molecule has 1 aromatic rings. The van der Waals surface area contributed by atoms with Crippen LogP contribution in [0.15, 0.2) is 24.3 Å². The fourth-order valence-electron chi connectivity index (χ4n) is 2.80. The van der Waals surface area contributed by atoms with Crippen LogP contribution >= 0.6 is 0 Å². The van der Waals surface area contributed by atoms with Gasteiger partial charge in [0.15, 0.2) is 0 Å². The largest absolute Gasteiger partial charge is 0.317 e. The molecule has 1 fully saturated rings. The third-order valence-electron chi connectivity index (χ3n) is 3.77. The molecule has 0 heterocycles. The van der Waals surface area contributed by atoms with Crippen molar-refractivity contribution in [3.05, 3.63) is 35.6 Å². The minimum atomic E-state index is -0.0542. The van der Waals surface area contributed by atoms with Gasteiger partial charge in [-0.2, -0.15) is 0 Å². The second-order valence-electron chi connectivity index (χ2n) is 4.72. The van der Waals surface area contributed by atoms with Crippen LogP contribution in [0.3, 0.4) is 0 Å². The Balaban J connectivity index is 1.90. The normalized spacial score (nSPS) is 24.9. The molecule has 0 aromatic heterocycles. The van der Waals surface area contributed by atoms with Crippen molar-refractivity contribution in [3.8, 4) is 0 Å². The van der Waals surface area contributed by atoms with Crippen molar-refractivity contribution < 1.29 is 4.39 Å². The van der Waals surface area contributed by atoms with Gasteiger partial charge in [0.25, 0.3) is 0 Å². The van der Waals surface area contributed by atoms with Crippen LogP contribution in [-0.4, -0.2) is 13.1 Å². The first kappa shape index (κ1) is 11.6. The maximum Gasteiger partial charge on any atom is 0.126 e. The van der Waals surface area contributed by atoms with Gasteiger partial charge in [-0.1, -0.05) is 24.6 Å². The molecule has 88 valence electrons. The highest BCUT2D eigenvalue weighted by atomic mass is 19.1. The van der Waals surface area contributed by atoms with E-state index < -0.39 is 0 Å². The van der Waals surface area contributed by atoms with E-state index in [2.05, 4.69) is 5.32 Å². The zero-order chi connectivity index (χ0) is 11.4. The van der Waals surface area contributed by atoms with Crippen LogP contribution in [0.4, 0.5) is 4.39 Å². The number of nitrogens with one attached hydrogen (secondary N) is 1. The molecular formula is C14H20FN. The molecule has 0 radical (unpaired) electrons. The van der Waals surface area contributed by atoms with Crippen LogP contribution in [0, 0.1) is 11.7 Å². The lowest BCUT2D eigenvalue weighted by molar-refractivity contribution is 0.398. The molecule has 0 spiro atoms. The van der Waals surface area contributed by atoms with Gasteiger partial charge in [0, 0.05) is 6.04 Å². The van der Waals surface area contributed by atoms with Crippen molar-refractivity contribution in [1.82, 2.24) is 5.32 Å². The van der Waals surface area contributed by atoms with Crippen LogP contribution in [0.1, 0.15) is 31.2 Å². The van der Waals surface area contributed by atoms with E-state index in [4.69, 9.17) is 0 Å². The van der Waals surface area contributed by atoms with E-state index >= 15 is 0 Å². The van der Waals surface area contributed by atoms with Crippen LogP contribution in [-0.2, 0) is 6.42 Å². The fourth-order valence-corrected chi connectivity index (χ4v) is 2.80. The predicted octanol–water partition coefficient (Wildman–Crippen LogP) is 3.15. The number of rotatable bonds is 4. The third-order valence-corrected chi connectivity index (χ3v) is 3.77. The summed E-state index contributed by atoms with van der Waals surface area (Å²) in [5.41, 5.74) is 0.865. The minimum Gasteiger partial charge on any atom is -0.317 e. The SMILES string of the molecule is CNC1CCCC1CCc1ccccc1F. The molecule has 1 saturated carbocycles. The van der Waals surface area contributed by atoms with Gasteiger partial charge in [0.1, 0.15) is 5.82 Å². The number of benzene rings is 1. The molecule has 1 aromatic carbocycles. The molecule has 2 unspecified atom stereocenters. The van der Waals surface area contributed by atoms with Crippen molar-refractivity contribution in [3.63, 3.8) is 0 Å². The van der Waals surface area contributed by atoms with E-state index in [1.807, 2.05) is 19.2 Å². The van der Waals surface area contributed by atoms with Gasteiger partial charge >= 0.3 is 0 Å². The number of hydrogen-bond donors (Lipinski definition) is 1. The zero-order valence-electron chi connectivity index (χ0n) is 9.88. The molecule has 0 aliphatic heterocycles. The van der Waals surface area contributed by atoms with Gasteiger partial charge in [-0.05, 0) is 50.3 Å². The van der Waals surface area contributed by atoms with Crippen molar-refractivity contribution >= 4 is 0 Å². The third kappa shape index (κ3) is 2.62. The van der Waals surface area contributed by atoms with Crippen LogP contribution in [0.2, 0.25) is 0 Å². The topological polar surface area (TPSA) is 12.0 Å². The Morgan fingerprint density at radius 1 is 1.31 bits per heavy atom. The molecule has 2 rings (SSSR count). The molecule has 0 saturated heterocycles. The van der Waals surface area contributed by atoms with E-state index in [0.29, 0.717) is 6.04 Å². The summed E-state index contributed by atoms with van der Waals surface area (Å²) in [4.78, 5) is 0. The Hall–Kier alpha value is -0.890. The van der Waals surface area contributed by atoms with Crippen molar-refractivity contribution in [2.75, 3.05) is 7.05 Å². The second kappa shape index (κ2) is 5.44. The lowest BCUT2D eigenvalue weighted by Crippen LogP contribution is -2.29. The summed E-state index contributed by atoms with van der Waals surface area (Å²) in [6, 6.07) is 7.78. The summed E-state index contributed by atoms with van der Waals surface area (Å²) < 4.78 is 13.4. The summed E-state index contributed by atoms with van der Waals surface area (Å²) in [5.74, 6) is 0.672. The van der Waals surface area contributed by atoms with Gasteiger partial charge in [-0.3, -0.25) is 0 Å². The quantitative estimate of drug-likeness (QED) is 0.823. The summed E-state index contributed by atoms with van der Waals surface area (Å²) in [7, 11) is 2.03. The van der Waals surface area contributed by atoms with Gasteiger partial charge in [0.2, 0.25) is 0 Å². The average molecular weight is 221 g/mol. The Bertz CT molecular complexity index is 337. The second-order valence-corrected chi connectivity index (χ2v) is 4.72. The molecule has 0 amide bonds. The standard InChI is InChI=1S/C14H20FN/c1-16-14-8-4-6-12(14)10-9-11-5-2-3-7-13(11)15/h2-3,5,7,12,14,16H,4,6,8-10H2,1H3. The average Bonchev–Trinajstić information content (AvgIpc) is 2.75. The van der Waals surface area contributed by atoms with Gasteiger partial charge < -0.3 is 5.32 Å². The van der Waals surface area contributed by atoms with E-state index in [-0.39, 0.29) is 5.82 Å². The molecule has 1 nitrogen and oxygen atoms in total. The van der Waals surface area contributed by atoms with E-state index in [1.165, 1.54) is 19.3 Å². The number of aryl methyl sites for hydroxylation is 1. The maximum atomic E-state index is 13.4. The van der Waals surface area contributed by atoms with Crippen LogP contribution in [0.5, 0.6) is 0 Å². The van der Waals surface area contributed by atoms with Crippen LogP contribution < -0.4 is 5.32 Å². The summed E-state index contributed by atoms with van der Waals surface area (Å²) in [6.45, 7) is 0.